The van der Waals surface area contributed by atoms with E-state index in [4.69, 9.17) is 4.74 Å². The third kappa shape index (κ3) is 4.78. The zero-order valence-corrected chi connectivity index (χ0v) is 20.5. The molecule has 12 nitrogen and oxygen atoms in total. The maximum Gasteiger partial charge on any atom is 0.330 e. The normalized spacial score (nSPS) is 21.6. The Hall–Kier alpha value is -3.52. The smallest absolute Gasteiger partial charge is 0.330 e. The molecule has 2 aliphatic rings. The molecule has 2 N–H and O–H groups in total. The molecule has 2 aromatic rings. The van der Waals surface area contributed by atoms with E-state index in [9.17, 15) is 32.0 Å². The van der Waals surface area contributed by atoms with Crippen molar-refractivity contribution >= 4 is 21.8 Å². The summed E-state index contributed by atoms with van der Waals surface area (Å²) in [4.78, 5) is 49.7. The molecule has 194 valence electrons. The van der Waals surface area contributed by atoms with Gasteiger partial charge in [-0.05, 0) is 31.0 Å². The molecule has 0 saturated carbocycles. The van der Waals surface area contributed by atoms with E-state index in [1.54, 1.807) is 0 Å². The maximum atomic E-state index is 13.9. The Balaban J connectivity index is 1.74. The molecule has 2 bridgehead atoms. The van der Waals surface area contributed by atoms with Crippen molar-refractivity contribution in [2.24, 2.45) is 14.1 Å². The number of nitrogens with one attached hydrogen (secondary N) is 2. The molecular weight excluding hydrogens is 497 g/mol. The van der Waals surface area contributed by atoms with Gasteiger partial charge >= 0.3 is 5.69 Å². The van der Waals surface area contributed by atoms with Crippen LogP contribution in [0.2, 0.25) is 0 Å². The first-order chi connectivity index (χ1) is 17.0. The van der Waals surface area contributed by atoms with Crippen molar-refractivity contribution in [3.63, 3.8) is 0 Å². The van der Waals surface area contributed by atoms with Crippen molar-refractivity contribution in [3.05, 3.63) is 56.6 Å². The number of rotatable bonds is 2. The van der Waals surface area contributed by atoms with Gasteiger partial charge in [-0.25, -0.2) is 17.6 Å². The van der Waals surface area contributed by atoms with Crippen molar-refractivity contribution < 1.29 is 27.1 Å². The number of nitrogens with zero attached hydrogens (tertiary/aromatic N) is 3. The number of sulfonamides is 1. The zero-order valence-electron chi connectivity index (χ0n) is 19.7. The number of carbonyl (C=O) groups excluding carboxylic acids is 2. The summed E-state index contributed by atoms with van der Waals surface area (Å²) in [5.41, 5.74) is -1.76. The van der Waals surface area contributed by atoms with Crippen molar-refractivity contribution in [3.8, 4) is 5.75 Å². The van der Waals surface area contributed by atoms with Gasteiger partial charge in [-0.2, -0.15) is 4.31 Å². The van der Waals surface area contributed by atoms with E-state index in [0.29, 0.717) is 17.4 Å². The van der Waals surface area contributed by atoms with Crippen LogP contribution in [0.1, 0.15) is 29.6 Å². The Morgan fingerprint density at radius 2 is 1.78 bits per heavy atom. The number of fused-ring (bicyclic) bond motifs is 3. The maximum absolute atomic E-state index is 13.9. The SMILES string of the molecule is Cn1cc(S(=O)(=O)N2[C@@H]3CC[C@H]2CC(=O)NCCOc2ccc(F)cc2C(=O)NC3)c(=O)n(C)c1=O. The van der Waals surface area contributed by atoms with Crippen LogP contribution in [0.4, 0.5) is 4.39 Å². The largest absolute Gasteiger partial charge is 0.491 e. The highest BCUT2D eigenvalue weighted by Gasteiger charge is 2.44. The lowest BCUT2D eigenvalue weighted by Gasteiger charge is -2.29. The number of aryl methyl sites for hydroxylation is 1. The summed E-state index contributed by atoms with van der Waals surface area (Å²) in [5.74, 6) is -1.62. The average molecular weight is 524 g/mol. The highest BCUT2D eigenvalue weighted by Crippen LogP contribution is 2.32. The summed E-state index contributed by atoms with van der Waals surface area (Å²) in [5, 5.41) is 5.28. The number of ether oxygens (including phenoxy) is 1. The Morgan fingerprint density at radius 1 is 1.06 bits per heavy atom. The molecular formula is C22H26FN5O7S. The molecule has 0 spiro atoms. The van der Waals surface area contributed by atoms with Crippen LogP contribution in [-0.4, -0.2) is 65.5 Å². The lowest BCUT2D eigenvalue weighted by atomic mass is 10.1. The quantitative estimate of drug-likeness (QED) is 0.517. The van der Waals surface area contributed by atoms with Gasteiger partial charge < -0.3 is 19.9 Å². The molecule has 2 atom stereocenters. The first-order valence-electron chi connectivity index (χ1n) is 11.3. The predicted octanol–water partition coefficient (Wildman–Crippen LogP) is -0.926. The monoisotopic (exact) mass is 523 g/mol. The molecule has 0 aliphatic carbocycles. The van der Waals surface area contributed by atoms with Crippen molar-refractivity contribution in [1.82, 2.24) is 24.1 Å². The second kappa shape index (κ2) is 9.85. The van der Waals surface area contributed by atoms with Crippen molar-refractivity contribution in [2.75, 3.05) is 19.7 Å². The third-order valence-corrected chi connectivity index (χ3v) is 8.30. The number of hydrogen-bond donors (Lipinski definition) is 2. The Kier molecular flexibility index (Phi) is 7.00. The standard InChI is InChI=1S/C22H26FN5O7S/c1-26-12-18(21(31)27(2)22(26)32)36(33,34)28-14-4-5-15(28)11-25-20(30)16-9-13(23)3-6-17(16)35-8-7-24-19(29)10-14/h3,6,9,12,14-15H,4-5,7-8,10-11H2,1-2H3,(H,24,29)(H,25,30)/t14-,15+/m0/s1. The predicted molar refractivity (Wildman–Crippen MR) is 125 cm³/mol. The average Bonchev–Trinajstić information content (AvgIpc) is 3.24. The van der Waals surface area contributed by atoms with Gasteiger partial charge in [0.1, 0.15) is 18.2 Å². The van der Waals surface area contributed by atoms with E-state index < -0.39 is 55.9 Å². The Morgan fingerprint density at radius 3 is 2.53 bits per heavy atom. The molecule has 36 heavy (non-hydrogen) atoms. The second-order valence-corrected chi connectivity index (χ2v) is 10.5. The summed E-state index contributed by atoms with van der Waals surface area (Å²) in [6, 6.07) is 1.87. The summed E-state index contributed by atoms with van der Waals surface area (Å²) < 4.78 is 49.6. The van der Waals surface area contributed by atoms with Crippen LogP contribution in [-0.2, 0) is 28.9 Å². The van der Waals surface area contributed by atoms with Gasteiger partial charge in [0.15, 0.2) is 4.90 Å². The number of aromatic nitrogens is 2. The summed E-state index contributed by atoms with van der Waals surface area (Å²) in [6.45, 7) is -0.0826. The van der Waals surface area contributed by atoms with Crippen LogP contribution in [0.15, 0.2) is 38.9 Å². The van der Waals surface area contributed by atoms with Crippen LogP contribution in [0, 0.1) is 5.82 Å². The Bertz CT molecular complexity index is 1440. The van der Waals surface area contributed by atoms with Gasteiger partial charge in [0.05, 0.1) is 12.1 Å². The molecule has 1 aromatic carbocycles. The fourth-order valence-electron chi connectivity index (χ4n) is 4.53. The van der Waals surface area contributed by atoms with Gasteiger partial charge in [-0.15, -0.1) is 0 Å². The topological polar surface area (TPSA) is 149 Å². The molecule has 14 heteroatoms. The summed E-state index contributed by atoms with van der Waals surface area (Å²) in [6.07, 6.45) is 1.40. The van der Waals surface area contributed by atoms with E-state index in [2.05, 4.69) is 10.6 Å². The van der Waals surface area contributed by atoms with Crippen LogP contribution < -0.4 is 26.6 Å². The fraction of sp³-hybridized carbons (Fsp3) is 0.455. The second-order valence-electron chi connectivity index (χ2n) is 8.72. The van der Waals surface area contributed by atoms with Gasteiger partial charge in [-0.3, -0.25) is 19.0 Å². The van der Waals surface area contributed by atoms with Crippen LogP contribution in [0.3, 0.4) is 0 Å². The summed E-state index contributed by atoms with van der Waals surface area (Å²) >= 11 is 0. The number of hydrogen-bond acceptors (Lipinski definition) is 7. The highest BCUT2D eigenvalue weighted by atomic mass is 32.2. The molecule has 1 fully saturated rings. The molecule has 2 aliphatic heterocycles. The van der Waals surface area contributed by atoms with E-state index in [-0.39, 0.29) is 37.4 Å². The van der Waals surface area contributed by atoms with Gasteiger partial charge in [0.25, 0.3) is 21.5 Å². The van der Waals surface area contributed by atoms with E-state index in [1.807, 2.05) is 0 Å². The molecule has 1 saturated heterocycles. The van der Waals surface area contributed by atoms with Crippen LogP contribution in [0.25, 0.3) is 0 Å². The first kappa shape index (κ1) is 25.6. The van der Waals surface area contributed by atoms with Crippen molar-refractivity contribution in [1.29, 1.82) is 0 Å². The number of amides is 2. The molecule has 4 rings (SSSR count). The molecule has 2 amide bonds. The molecule has 0 unspecified atom stereocenters. The minimum absolute atomic E-state index is 0.00103. The summed E-state index contributed by atoms with van der Waals surface area (Å²) in [7, 11) is -1.98. The Labute approximate surface area is 205 Å². The van der Waals surface area contributed by atoms with Crippen LogP contribution in [0.5, 0.6) is 5.75 Å². The zero-order chi connectivity index (χ0) is 26.2. The lowest BCUT2D eigenvalue weighted by molar-refractivity contribution is -0.121. The van der Waals surface area contributed by atoms with Gasteiger partial charge in [-0.1, -0.05) is 0 Å². The molecule has 3 heterocycles. The number of benzene rings is 1. The minimum atomic E-state index is -4.48. The lowest BCUT2D eigenvalue weighted by Crippen LogP contribution is -2.50. The highest BCUT2D eigenvalue weighted by molar-refractivity contribution is 7.89. The fourth-order valence-corrected chi connectivity index (χ4v) is 6.55. The van der Waals surface area contributed by atoms with E-state index in [1.165, 1.54) is 20.2 Å². The van der Waals surface area contributed by atoms with Gasteiger partial charge in [0, 0.05) is 45.3 Å². The minimum Gasteiger partial charge on any atom is -0.491 e. The van der Waals surface area contributed by atoms with Gasteiger partial charge in [0.2, 0.25) is 5.91 Å². The van der Waals surface area contributed by atoms with Crippen LogP contribution >= 0.6 is 0 Å². The molecule has 1 aromatic heterocycles. The number of halogens is 1. The first-order valence-corrected chi connectivity index (χ1v) is 12.7. The van der Waals surface area contributed by atoms with Crippen molar-refractivity contribution in [2.45, 2.75) is 36.2 Å². The van der Waals surface area contributed by atoms with E-state index in [0.717, 1.165) is 27.2 Å². The number of carbonyl (C=O) groups is 2. The van der Waals surface area contributed by atoms with E-state index >= 15 is 0 Å². The third-order valence-electron chi connectivity index (χ3n) is 6.31. The molecule has 0 radical (unpaired) electrons.